The van der Waals surface area contributed by atoms with Gasteiger partial charge in [-0.1, -0.05) is 196 Å². The van der Waals surface area contributed by atoms with E-state index in [9.17, 15) is 14.4 Å². The zero-order chi connectivity index (χ0) is 43.0. The number of ether oxygens (including phenoxy) is 3. The van der Waals surface area contributed by atoms with Crippen LogP contribution in [0, 0.1) is 0 Å². The lowest BCUT2D eigenvalue weighted by molar-refractivity contribution is -0.167. The van der Waals surface area contributed by atoms with Crippen LogP contribution in [0.5, 0.6) is 0 Å². The molecule has 0 aromatic rings. The second kappa shape index (κ2) is 47.3. The molecule has 0 saturated carbocycles. The summed E-state index contributed by atoms with van der Waals surface area (Å²) in [6, 6.07) is 0. The first kappa shape index (κ1) is 55.6. The van der Waals surface area contributed by atoms with Crippen molar-refractivity contribution in [3.63, 3.8) is 0 Å². The normalized spacial score (nSPS) is 12.8. The summed E-state index contributed by atoms with van der Waals surface area (Å²) in [6.07, 6.45) is 60.0. The molecule has 0 aliphatic rings. The Hall–Kier alpha value is -3.41. The second-order valence-electron chi connectivity index (χ2n) is 15.8. The lowest BCUT2D eigenvalue weighted by Crippen LogP contribution is -2.30. The Balaban J connectivity index is 4.50. The summed E-state index contributed by atoms with van der Waals surface area (Å²) in [5, 5.41) is 0. The van der Waals surface area contributed by atoms with E-state index >= 15 is 0 Å². The van der Waals surface area contributed by atoms with Gasteiger partial charge in [-0.3, -0.25) is 14.4 Å². The molecule has 0 aromatic carbocycles. The highest BCUT2D eigenvalue weighted by Crippen LogP contribution is 2.13. The van der Waals surface area contributed by atoms with Crippen LogP contribution in [0.3, 0.4) is 0 Å². The van der Waals surface area contributed by atoms with Crippen molar-refractivity contribution < 1.29 is 28.6 Å². The summed E-state index contributed by atoms with van der Waals surface area (Å²) < 4.78 is 16.7. The fraction of sp³-hybridized carbons (Fsp3) is 0.679. The van der Waals surface area contributed by atoms with Crippen LogP contribution >= 0.6 is 0 Å². The van der Waals surface area contributed by atoms with Crippen LogP contribution in [0.15, 0.2) is 85.1 Å². The average molecular weight is 821 g/mol. The van der Waals surface area contributed by atoms with Crippen LogP contribution in [0.4, 0.5) is 0 Å². The minimum absolute atomic E-state index is 0.113. The molecule has 0 spiro atoms. The second-order valence-corrected chi connectivity index (χ2v) is 15.8. The third-order valence-corrected chi connectivity index (χ3v) is 9.98. The van der Waals surface area contributed by atoms with Crippen molar-refractivity contribution in [3.05, 3.63) is 85.1 Å². The van der Waals surface area contributed by atoms with E-state index < -0.39 is 6.10 Å². The number of hydrogen-bond acceptors (Lipinski definition) is 6. The molecular formula is C53H88O6. The molecule has 0 N–H and O–H groups in total. The maximum Gasteiger partial charge on any atom is 0.306 e. The highest BCUT2D eigenvalue weighted by Gasteiger charge is 2.19. The molecule has 0 amide bonds. The minimum atomic E-state index is -0.818. The number of esters is 3. The van der Waals surface area contributed by atoms with Gasteiger partial charge in [-0.25, -0.2) is 0 Å². The van der Waals surface area contributed by atoms with E-state index in [-0.39, 0.29) is 37.5 Å². The van der Waals surface area contributed by atoms with Gasteiger partial charge in [-0.05, 0) is 83.5 Å². The van der Waals surface area contributed by atoms with Crippen molar-refractivity contribution in [2.75, 3.05) is 13.2 Å². The van der Waals surface area contributed by atoms with Crippen LogP contribution in [0.2, 0.25) is 0 Å². The van der Waals surface area contributed by atoms with Gasteiger partial charge in [0.25, 0.3) is 0 Å². The van der Waals surface area contributed by atoms with Crippen molar-refractivity contribution in [1.82, 2.24) is 0 Å². The standard InChI is InChI=1S/C53H88O6/c1-4-7-10-13-16-19-22-25-26-27-29-31-34-37-40-43-46-52(55)58-49-50(48-57-51(54)45-42-39-36-33-30-24-21-18-15-12-9-6-3)59-53(56)47-44-41-38-35-32-28-23-20-17-14-11-8-5-2/h8,11,14,17-18,20-21,23,26-28,32,35,38,50H,4-7,9-10,12-13,15-16,19,22,24-25,29-31,33-34,36-37,39-49H2,1-3H3/b11-8-,17-14-,21-18-,23-20-,27-26-,32-28-,38-35-. The van der Waals surface area contributed by atoms with E-state index in [0.29, 0.717) is 19.3 Å². The lowest BCUT2D eigenvalue weighted by atomic mass is 10.1. The predicted molar refractivity (Wildman–Crippen MR) is 251 cm³/mol. The number of rotatable bonds is 42. The molecule has 0 rings (SSSR count). The molecular weight excluding hydrogens is 733 g/mol. The Morgan fingerprint density at radius 1 is 0.356 bits per heavy atom. The van der Waals surface area contributed by atoms with Crippen molar-refractivity contribution in [2.24, 2.45) is 0 Å². The summed E-state index contributed by atoms with van der Waals surface area (Å²) in [4.78, 5) is 37.8. The number of carbonyl (C=O) groups is 3. The monoisotopic (exact) mass is 821 g/mol. The van der Waals surface area contributed by atoms with Crippen molar-refractivity contribution >= 4 is 17.9 Å². The quantitative estimate of drug-likeness (QED) is 0.0201. The van der Waals surface area contributed by atoms with E-state index in [1.807, 2.05) is 54.7 Å². The molecule has 0 bridgehead atoms. The molecule has 0 aliphatic heterocycles. The Morgan fingerprint density at radius 2 is 0.695 bits per heavy atom. The fourth-order valence-corrected chi connectivity index (χ4v) is 6.34. The van der Waals surface area contributed by atoms with E-state index in [1.54, 1.807) is 0 Å². The molecule has 0 fully saturated rings. The molecule has 0 saturated heterocycles. The molecule has 0 radical (unpaired) electrons. The van der Waals surface area contributed by atoms with Crippen LogP contribution in [-0.4, -0.2) is 37.2 Å². The maximum absolute atomic E-state index is 12.7. The average Bonchev–Trinajstić information content (AvgIpc) is 3.23. The van der Waals surface area contributed by atoms with Crippen LogP contribution < -0.4 is 0 Å². The number of allylic oxidation sites excluding steroid dienone is 14. The summed E-state index contributed by atoms with van der Waals surface area (Å²) in [6.45, 7) is 6.37. The number of hydrogen-bond donors (Lipinski definition) is 0. The van der Waals surface area contributed by atoms with Gasteiger partial charge in [0.05, 0.1) is 0 Å². The molecule has 59 heavy (non-hydrogen) atoms. The van der Waals surface area contributed by atoms with Gasteiger partial charge < -0.3 is 14.2 Å². The molecule has 1 unspecified atom stereocenters. The van der Waals surface area contributed by atoms with Crippen molar-refractivity contribution in [2.45, 2.75) is 219 Å². The third-order valence-electron chi connectivity index (χ3n) is 9.98. The van der Waals surface area contributed by atoms with Gasteiger partial charge >= 0.3 is 17.9 Å². The minimum Gasteiger partial charge on any atom is -0.462 e. The van der Waals surface area contributed by atoms with Crippen molar-refractivity contribution in [3.8, 4) is 0 Å². The smallest absolute Gasteiger partial charge is 0.306 e. The first-order valence-electron chi connectivity index (χ1n) is 24.2. The summed E-state index contributed by atoms with van der Waals surface area (Å²) >= 11 is 0. The Bertz CT molecular complexity index is 1170. The Morgan fingerprint density at radius 3 is 1.15 bits per heavy atom. The molecule has 0 aliphatic carbocycles. The topological polar surface area (TPSA) is 78.9 Å². The highest BCUT2D eigenvalue weighted by molar-refractivity contribution is 5.71. The first-order valence-corrected chi connectivity index (χ1v) is 24.2. The van der Waals surface area contributed by atoms with Gasteiger partial charge in [0.15, 0.2) is 6.10 Å². The van der Waals surface area contributed by atoms with Crippen LogP contribution in [0.1, 0.15) is 213 Å². The van der Waals surface area contributed by atoms with Gasteiger partial charge in [-0.15, -0.1) is 0 Å². The first-order chi connectivity index (χ1) is 29.0. The lowest BCUT2D eigenvalue weighted by Gasteiger charge is -2.18. The largest absolute Gasteiger partial charge is 0.462 e. The molecule has 336 valence electrons. The van der Waals surface area contributed by atoms with E-state index in [0.717, 1.165) is 77.0 Å². The summed E-state index contributed by atoms with van der Waals surface area (Å²) in [5.41, 5.74) is 0. The van der Waals surface area contributed by atoms with Gasteiger partial charge in [0.1, 0.15) is 13.2 Å². The number of unbranched alkanes of at least 4 members (excludes halogenated alkanes) is 21. The molecule has 0 aromatic heterocycles. The number of carbonyl (C=O) groups excluding carboxylic acids is 3. The van der Waals surface area contributed by atoms with Crippen LogP contribution in [-0.2, 0) is 28.6 Å². The SMILES string of the molecule is CC\C=C/C=C\C=C/C=C\C=C/CCCC(=O)OC(COC(=O)CCCCCCC/C=C\CCCCC)COC(=O)CCCCCCC/C=C\CCCCCCCCC. The summed E-state index contributed by atoms with van der Waals surface area (Å²) in [7, 11) is 0. The zero-order valence-electron chi connectivity index (χ0n) is 38.2. The Kier molecular flexibility index (Phi) is 44.5. The van der Waals surface area contributed by atoms with Gasteiger partial charge in [-0.2, -0.15) is 0 Å². The van der Waals surface area contributed by atoms with Gasteiger partial charge in [0.2, 0.25) is 0 Å². The zero-order valence-corrected chi connectivity index (χ0v) is 38.2. The Labute approximate surface area is 363 Å². The predicted octanol–water partition coefficient (Wildman–Crippen LogP) is 15.6. The third kappa shape index (κ3) is 45.5. The van der Waals surface area contributed by atoms with E-state index in [1.165, 1.54) is 89.9 Å². The fourth-order valence-electron chi connectivity index (χ4n) is 6.34. The molecule has 6 heteroatoms. The molecule has 1 atom stereocenters. The van der Waals surface area contributed by atoms with Crippen LogP contribution in [0.25, 0.3) is 0 Å². The molecule has 0 heterocycles. The van der Waals surface area contributed by atoms with E-state index in [2.05, 4.69) is 51.2 Å². The maximum atomic E-state index is 12.7. The summed E-state index contributed by atoms with van der Waals surface area (Å²) in [5.74, 6) is -1.01. The van der Waals surface area contributed by atoms with E-state index in [4.69, 9.17) is 14.2 Å². The van der Waals surface area contributed by atoms with Gasteiger partial charge in [0, 0.05) is 19.3 Å². The molecule has 6 nitrogen and oxygen atoms in total. The highest BCUT2D eigenvalue weighted by atomic mass is 16.6. The van der Waals surface area contributed by atoms with Crippen molar-refractivity contribution in [1.29, 1.82) is 0 Å².